The number of alkyl halides is 3. The molecule has 0 aliphatic heterocycles. The summed E-state index contributed by atoms with van der Waals surface area (Å²) in [4.78, 5) is 10.4. The first-order chi connectivity index (χ1) is 6.82. The first-order valence-corrected chi connectivity index (χ1v) is 4.86. The van der Waals surface area contributed by atoms with Crippen molar-refractivity contribution in [2.75, 3.05) is 6.54 Å². The largest absolute Gasteiger partial charge is 0.471 e. The monoisotopic (exact) mass is 227 g/mol. The minimum absolute atomic E-state index is 0.0847. The number of aliphatic hydroxyl groups is 1. The fourth-order valence-corrected chi connectivity index (χ4v) is 1.30. The molecule has 0 aliphatic rings. The number of hydrogen-bond donors (Lipinski definition) is 2. The topological polar surface area (TPSA) is 49.3 Å². The van der Waals surface area contributed by atoms with Crippen LogP contribution in [0.2, 0.25) is 0 Å². The second-order valence-corrected chi connectivity index (χ2v) is 3.35. The Bertz CT molecular complexity index is 202. The van der Waals surface area contributed by atoms with Gasteiger partial charge in [0.05, 0.1) is 6.10 Å². The van der Waals surface area contributed by atoms with Gasteiger partial charge in [0.2, 0.25) is 0 Å². The molecular weight excluding hydrogens is 211 g/mol. The zero-order valence-electron chi connectivity index (χ0n) is 8.77. The van der Waals surface area contributed by atoms with Crippen LogP contribution >= 0.6 is 0 Å². The van der Waals surface area contributed by atoms with Crippen molar-refractivity contribution in [3.05, 3.63) is 0 Å². The van der Waals surface area contributed by atoms with Gasteiger partial charge in [-0.1, -0.05) is 26.7 Å². The predicted octanol–water partition coefficient (Wildman–Crippen LogP) is 1.46. The Labute approximate surface area is 86.7 Å². The lowest BCUT2D eigenvalue weighted by Crippen LogP contribution is -2.42. The number of carbonyl (C=O) groups is 1. The smallest absolute Gasteiger partial charge is 0.391 e. The standard InChI is InChI=1S/C9H16F3NO2/c1-3-6(4-2)7(14)5-13-8(15)9(10,11)12/h6-7,14H,3-5H2,1-2H3,(H,13,15). The maximum absolute atomic E-state index is 11.8. The van der Waals surface area contributed by atoms with Crippen molar-refractivity contribution in [3.8, 4) is 0 Å². The highest BCUT2D eigenvalue weighted by atomic mass is 19.4. The second kappa shape index (κ2) is 5.95. The van der Waals surface area contributed by atoms with Crippen molar-refractivity contribution in [2.24, 2.45) is 5.92 Å². The van der Waals surface area contributed by atoms with Gasteiger partial charge in [0.25, 0.3) is 0 Å². The van der Waals surface area contributed by atoms with Crippen LogP contribution in [0, 0.1) is 5.92 Å². The third-order valence-corrected chi connectivity index (χ3v) is 2.32. The molecule has 2 N–H and O–H groups in total. The molecule has 0 rings (SSSR count). The Morgan fingerprint density at radius 2 is 1.80 bits per heavy atom. The van der Waals surface area contributed by atoms with E-state index >= 15 is 0 Å². The highest BCUT2D eigenvalue weighted by Crippen LogP contribution is 2.15. The summed E-state index contributed by atoms with van der Waals surface area (Å²) in [6.45, 7) is 3.32. The molecule has 15 heavy (non-hydrogen) atoms. The van der Waals surface area contributed by atoms with Gasteiger partial charge in [0, 0.05) is 6.54 Å². The van der Waals surface area contributed by atoms with Crippen LogP contribution in [0.4, 0.5) is 13.2 Å². The molecule has 0 saturated heterocycles. The SMILES string of the molecule is CCC(CC)C(O)CNC(=O)C(F)(F)F. The fraction of sp³-hybridized carbons (Fsp3) is 0.889. The first-order valence-electron chi connectivity index (χ1n) is 4.86. The van der Waals surface area contributed by atoms with E-state index in [9.17, 15) is 23.1 Å². The van der Waals surface area contributed by atoms with Crippen molar-refractivity contribution in [3.63, 3.8) is 0 Å². The first kappa shape index (κ1) is 14.2. The molecule has 0 saturated carbocycles. The van der Waals surface area contributed by atoms with E-state index in [2.05, 4.69) is 0 Å². The van der Waals surface area contributed by atoms with E-state index in [0.717, 1.165) is 0 Å². The maximum Gasteiger partial charge on any atom is 0.471 e. The Hall–Kier alpha value is -0.780. The van der Waals surface area contributed by atoms with Gasteiger partial charge in [-0.25, -0.2) is 0 Å². The number of amides is 1. The molecule has 0 bridgehead atoms. The highest BCUT2D eigenvalue weighted by Gasteiger charge is 2.38. The van der Waals surface area contributed by atoms with Crippen LogP contribution in [0.5, 0.6) is 0 Å². The molecule has 0 fully saturated rings. The van der Waals surface area contributed by atoms with Gasteiger partial charge in [-0.15, -0.1) is 0 Å². The van der Waals surface area contributed by atoms with E-state index in [0.29, 0.717) is 12.8 Å². The van der Waals surface area contributed by atoms with Crippen molar-refractivity contribution in [1.29, 1.82) is 0 Å². The molecule has 0 aromatic heterocycles. The zero-order valence-corrected chi connectivity index (χ0v) is 8.77. The number of halogens is 3. The zero-order chi connectivity index (χ0) is 12.1. The summed E-state index contributed by atoms with van der Waals surface area (Å²) in [7, 11) is 0. The molecule has 0 aromatic carbocycles. The van der Waals surface area contributed by atoms with Crippen molar-refractivity contribution < 1.29 is 23.1 Å². The summed E-state index contributed by atoms with van der Waals surface area (Å²) in [6, 6.07) is 0. The molecule has 0 heterocycles. The molecule has 1 unspecified atom stereocenters. The lowest BCUT2D eigenvalue weighted by molar-refractivity contribution is -0.174. The molecule has 3 nitrogen and oxygen atoms in total. The van der Waals surface area contributed by atoms with Crippen LogP contribution in [0.3, 0.4) is 0 Å². The highest BCUT2D eigenvalue weighted by molar-refractivity contribution is 5.81. The van der Waals surface area contributed by atoms with Crippen LogP contribution in [-0.4, -0.2) is 29.8 Å². The maximum atomic E-state index is 11.8. The molecule has 1 amide bonds. The minimum Gasteiger partial charge on any atom is -0.391 e. The third kappa shape index (κ3) is 5.01. The van der Waals surface area contributed by atoms with Gasteiger partial charge in [0.1, 0.15) is 0 Å². The van der Waals surface area contributed by atoms with Gasteiger partial charge in [0.15, 0.2) is 0 Å². The Morgan fingerprint density at radius 3 is 2.13 bits per heavy atom. The third-order valence-electron chi connectivity index (χ3n) is 2.32. The number of rotatable bonds is 5. The van der Waals surface area contributed by atoms with Crippen LogP contribution < -0.4 is 5.32 Å². The molecule has 0 aliphatic carbocycles. The van der Waals surface area contributed by atoms with Gasteiger partial charge >= 0.3 is 12.1 Å². The van der Waals surface area contributed by atoms with Crippen LogP contribution in [0.25, 0.3) is 0 Å². The summed E-state index contributed by atoms with van der Waals surface area (Å²) < 4.78 is 35.3. The van der Waals surface area contributed by atoms with Crippen LogP contribution in [0.15, 0.2) is 0 Å². The van der Waals surface area contributed by atoms with Gasteiger partial charge in [-0.3, -0.25) is 4.79 Å². The molecule has 0 spiro atoms. The van der Waals surface area contributed by atoms with Crippen molar-refractivity contribution in [1.82, 2.24) is 5.32 Å². The van der Waals surface area contributed by atoms with E-state index in [1.165, 1.54) is 0 Å². The summed E-state index contributed by atoms with van der Waals surface area (Å²) in [5, 5.41) is 11.1. The molecular formula is C9H16F3NO2. The Balaban J connectivity index is 4.00. The summed E-state index contributed by atoms with van der Waals surface area (Å²) >= 11 is 0. The average molecular weight is 227 g/mol. The molecule has 0 radical (unpaired) electrons. The van der Waals surface area contributed by atoms with Crippen molar-refractivity contribution in [2.45, 2.75) is 39.0 Å². The van der Waals surface area contributed by atoms with Gasteiger partial charge < -0.3 is 10.4 Å². The van der Waals surface area contributed by atoms with E-state index < -0.39 is 18.2 Å². The van der Waals surface area contributed by atoms with Crippen molar-refractivity contribution >= 4 is 5.91 Å². The molecule has 90 valence electrons. The second-order valence-electron chi connectivity index (χ2n) is 3.35. The number of hydrogen-bond acceptors (Lipinski definition) is 2. The number of carbonyl (C=O) groups excluding carboxylic acids is 1. The number of aliphatic hydroxyl groups excluding tert-OH is 1. The predicted molar refractivity (Wildman–Crippen MR) is 49.1 cm³/mol. The van der Waals surface area contributed by atoms with E-state index in [1.54, 1.807) is 5.32 Å². The molecule has 6 heteroatoms. The summed E-state index contributed by atoms with van der Waals surface area (Å²) in [5.41, 5.74) is 0. The van der Waals surface area contributed by atoms with Crippen LogP contribution in [0.1, 0.15) is 26.7 Å². The normalized spacial score (nSPS) is 14.1. The average Bonchev–Trinajstić information content (AvgIpc) is 2.14. The van der Waals surface area contributed by atoms with E-state index in [1.807, 2.05) is 13.8 Å². The van der Waals surface area contributed by atoms with E-state index in [4.69, 9.17) is 0 Å². The number of nitrogens with one attached hydrogen (secondary N) is 1. The molecule has 1 atom stereocenters. The van der Waals surface area contributed by atoms with Gasteiger partial charge in [-0.2, -0.15) is 13.2 Å². The Morgan fingerprint density at radius 1 is 1.33 bits per heavy atom. The van der Waals surface area contributed by atoms with Crippen LogP contribution in [-0.2, 0) is 4.79 Å². The van der Waals surface area contributed by atoms with Gasteiger partial charge in [-0.05, 0) is 5.92 Å². The molecule has 0 aromatic rings. The Kier molecular flexibility index (Phi) is 5.64. The summed E-state index contributed by atoms with van der Waals surface area (Å²) in [5.74, 6) is -2.09. The summed E-state index contributed by atoms with van der Waals surface area (Å²) in [6.07, 6.45) is -4.47. The lowest BCUT2D eigenvalue weighted by Gasteiger charge is -2.20. The minimum atomic E-state index is -4.88. The lowest BCUT2D eigenvalue weighted by atomic mass is 9.96. The fourth-order valence-electron chi connectivity index (χ4n) is 1.30. The quantitative estimate of drug-likeness (QED) is 0.747. The van der Waals surface area contributed by atoms with E-state index in [-0.39, 0.29) is 12.5 Å².